The molecule has 7 heteroatoms. The second-order valence-corrected chi connectivity index (χ2v) is 6.35. The van der Waals surface area contributed by atoms with Gasteiger partial charge in [0.2, 0.25) is 0 Å². The van der Waals surface area contributed by atoms with Gasteiger partial charge in [0.25, 0.3) is 5.91 Å². The first-order valence-corrected chi connectivity index (χ1v) is 8.03. The van der Waals surface area contributed by atoms with Crippen LogP contribution in [0.15, 0.2) is 29.6 Å². The van der Waals surface area contributed by atoms with E-state index in [2.05, 4.69) is 5.32 Å². The molecule has 1 unspecified atom stereocenters. The van der Waals surface area contributed by atoms with E-state index in [0.29, 0.717) is 20.6 Å². The molecule has 0 aliphatic carbocycles. The SMILES string of the molecule is Cc1ccsc1C(=O)OC(C)C(=O)Nc1ccc(Cl)cc1Cl. The highest BCUT2D eigenvalue weighted by Gasteiger charge is 2.21. The summed E-state index contributed by atoms with van der Waals surface area (Å²) >= 11 is 13.0. The van der Waals surface area contributed by atoms with E-state index in [0.717, 1.165) is 5.56 Å². The summed E-state index contributed by atoms with van der Waals surface area (Å²) in [5.41, 5.74) is 1.23. The predicted molar refractivity (Wildman–Crippen MR) is 89.0 cm³/mol. The van der Waals surface area contributed by atoms with Gasteiger partial charge in [0.15, 0.2) is 6.10 Å². The number of anilines is 1. The zero-order valence-electron chi connectivity index (χ0n) is 11.9. The monoisotopic (exact) mass is 357 g/mol. The van der Waals surface area contributed by atoms with E-state index in [-0.39, 0.29) is 0 Å². The Morgan fingerprint density at radius 3 is 2.59 bits per heavy atom. The Bertz CT molecular complexity index is 715. The molecule has 1 amide bonds. The normalized spacial score (nSPS) is 11.8. The fourth-order valence-electron chi connectivity index (χ4n) is 1.67. The summed E-state index contributed by atoms with van der Waals surface area (Å²) in [7, 11) is 0. The number of halogens is 2. The summed E-state index contributed by atoms with van der Waals surface area (Å²) in [6, 6.07) is 6.53. The van der Waals surface area contributed by atoms with Gasteiger partial charge in [-0.3, -0.25) is 4.79 Å². The number of carbonyl (C=O) groups excluding carboxylic acids is 2. The molecule has 0 aliphatic heterocycles. The lowest BCUT2D eigenvalue weighted by Crippen LogP contribution is -2.30. The highest BCUT2D eigenvalue weighted by atomic mass is 35.5. The molecule has 0 bridgehead atoms. The molecule has 116 valence electrons. The van der Waals surface area contributed by atoms with Crippen molar-refractivity contribution in [1.82, 2.24) is 0 Å². The second kappa shape index (κ2) is 7.13. The Labute approximate surface area is 142 Å². The maximum absolute atomic E-state index is 12.1. The molecular formula is C15H13Cl2NO3S. The third kappa shape index (κ3) is 4.00. The number of nitrogens with one attached hydrogen (secondary N) is 1. The van der Waals surface area contributed by atoms with Crippen LogP contribution < -0.4 is 5.32 Å². The average Bonchev–Trinajstić information content (AvgIpc) is 2.88. The molecule has 0 saturated heterocycles. The molecule has 0 saturated carbocycles. The second-order valence-electron chi connectivity index (χ2n) is 4.59. The van der Waals surface area contributed by atoms with Crippen molar-refractivity contribution in [3.63, 3.8) is 0 Å². The van der Waals surface area contributed by atoms with Crippen LogP contribution in [0.25, 0.3) is 0 Å². The van der Waals surface area contributed by atoms with Crippen molar-refractivity contribution in [2.24, 2.45) is 0 Å². The van der Waals surface area contributed by atoms with E-state index in [1.807, 2.05) is 13.0 Å². The summed E-state index contributed by atoms with van der Waals surface area (Å²) in [5.74, 6) is -0.982. The van der Waals surface area contributed by atoms with E-state index in [9.17, 15) is 9.59 Å². The summed E-state index contributed by atoms with van der Waals surface area (Å²) in [4.78, 5) is 24.5. The number of benzene rings is 1. The number of aryl methyl sites for hydroxylation is 1. The fourth-order valence-corrected chi connectivity index (χ4v) is 2.94. The molecule has 22 heavy (non-hydrogen) atoms. The molecule has 1 aromatic carbocycles. The van der Waals surface area contributed by atoms with Gasteiger partial charge in [-0.15, -0.1) is 11.3 Å². The number of hydrogen-bond acceptors (Lipinski definition) is 4. The van der Waals surface area contributed by atoms with Crippen molar-refractivity contribution in [2.75, 3.05) is 5.32 Å². The number of carbonyl (C=O) groups is 2. The van der Waals surface area contributed by atoms with Gasteiger partial charge >= 0.3 is 5.97 Å². The van der Waals surface area contributed by atoms with E-state index in [1.54, 1.807) is 17.5 Å². The minimum absolute atomic E-state index is 0.313. The summed E-state index contributed by atoms with van der Waals surface area (Å²) in [6.45, 7) is 3.31. The van der Waals surface area contributed by atoms with Crippen LogP contribution in [-0.2, 0) is 9.53 Å². The minimum Gasteiger partial charge on any atom is -0.448 e. The highest BCUT2D eigenvalue weighted by molar-refractivity contribution is 7.12. The van der Waals surface area contributed by atoms with Gasteiger partial charge in [0.1, 0.15) is 4.88 Å². The Balaban J connectivity index is 2.00. The summed E-state index contributed by atoms with van der Waals surface area (Å²) < 4.78 is 5.16. The standard InChI is InChI=1S/C15H13Cl2NO3S/c1-8-5-6-22-13(8)15(20)21-9(2)14(19)18-12-4-3-10(16)7-11(12)17/h3-7,9H,1-2H3,(H,18,19). The number of hydrogen-bond donors (Lipinski definition) is 1. The first kappa shape index (κ1) is 16.8. The molecule has 0 spiro atoms. The third-order valence-electron chi connectivity index (χ3n) is 2.89. The van der Waals surface area contributed by atoms with Crippen molar-refractivity contribution in [2.45, 2.75) is 20.0 Å². The van der Waals surface area contributed by atoms with Gasteiger partial charge in [-0.2, -0.15) is 0 Å². The smallest absolute Gasteiger partial charge is 0.349 e. The number of amides is 1. The third-order valence-corrected chi connectivity index (χ3v) is 4.43. The largest absolute Gasteiger partial charge is 0.448 e. The Morgan fingerprint density at radius 1 is 1.27 bits per heavy atom. The molecular weight excluding hydrogens is 345 g/mol. The first-order chi connectivity index (χ1) is 10.4. The van der Waals surface area contributed by atoms with Crippen LogP contribution in [-0.4, -0.2) is 18.0 Å². The van der Waals surface area contributed by atoms with Gasteiger partial charge in [0.05, 0.1) is 10.7 Å². The average molecular weight is 358 g/mol. The molecule has 1 N–H and O–H groups in total. The number of thiophene rings is 1. The first-order valence-electron chi connectivity index (χ1n) is 6.39. The zero-order valence-corrected chi connectivity index (χ0v) is 14.2. The summed E-state index contributed by atoms with van der Waals surface area (Å²) in [5, 5.41) is 5.18. The van der Waals surface area contributed by atoms with E-state index >= 15 is 0 Å². The van der Waals surface area contributed by atoms with Gasteiger partial charge < -0.3 is 10.1 Å². The van der Waals surface area contributed by atoms with Crippen LogP contribution in [0.2, 0.25) is 10.0 Å². The molecule has 0 fully saturated rings. The van der Waals surface area contributed by atoms with E-state index < -0.39 is 18.0 Å². The Kier molecular flexibility index (Phi) is 5.45. The molecule has 2 aromatic rings. The van der Waals surface area contributed by atoms with Crippen LogP contribution in [0.5, 0.6) is 0 Å². The quantitative estimate of drug-likeness (QED) is 0.816. The van der Waals surface area contributed by atoms with Crippen molar-refractivity contribution in [3.05, 3.63) is 50.1 Å². The van der Waals surface area contributed by atoms with E-state index in [1.165, 1.54) is 24.3 Å². The van der Waals surface area contributed by atoms with E-state index in [4.69, 9.17) is 27.9 Å². The summed E-state index contributed by atoms with van der Waals surface area (Å²) in [6.07, 6.45) is -0.944. The van der Waals surface area contributed by atoms with Gasteiger partial charge in [-0.05, 0) is 49.1 Å². The van der Waals surface area contributed by atoms with Gasteiger partial charge in [-0.25, -0.2) is 4.79 Å². The highest BCUT2D eigenvalue weighted by Crippen LogP contribution is 2.25. The maximum atomic E-state index is 12.1. The number of rotatable bonds is 4. The van der Waals surface area contributed by atoms with Crippen molar-refractivity contribution in [3.8, 4) is 0 Å². The molecule has 0 aliphatic rings. The molecule has 4 nitrogen and oxygen atoms in total. The lowest BCUT2D eigenvalue weighted by atomic mass is 10.3. The molecule has 1 aromatic heterocycles. The van der Waals surface area contributed by atoms with Crippen LogP contribution in [0.3, 0.4) is 0 Å². The van der Waals surface area contributed by atoms with Crippen molar-refractivity contribution >= 4 is 52.1 Å². The van der Waals surface area contributed by atoms with Crippen LogP contribution in [0.4, 0.5) is 5.69 Å². The van der Waals surface area contributed by atoms with Gasteiger partial charge in [-0.1, -0.05) is 23.2 Å². The van der Waals surface area contributed by atoms with Crippen LogP contribution in [0, 0.1) is 6.92 Å². The Morgan fingerprint density at radius 2 is 2.00 bits per heavy atom. The minimum atomic E-state index is -0.944. The number of esters is 1. The number of ether oxygens (including phenoxy) is 1. The lowest BCUT2D eigenvalue weighted by Gasteiger charge is -2.14. The van der Waals surface area contributed by atoms with Gasteiger partial charge in [0, 0.05) is 5.02 Å². The predicted octanol–water partition coefficient (Wildman–Crippen LogP) is 4.55. The van der Waals surface area contributed by atoms with Crippen molar-refractivity contribution < 1.29 is 14.3 Å². The molecule has 1 atom stereocenters. The molecule has 0 radical (unpaired) electrons. The Hall–Kier alpha value is -1.56. The maximum Gasteiger partial charge on any atom is 0.349 e. The molecule has 2 rings (SSSR count). The van der Waals surface area contributed by atoms with Crippen molar-refractivity contribution in [1.29, 1.82) is 0 Å². The topological polar surface area (TPSA) is 55.4 Å². The molecule has 1 heterocycles. The van der Waals surface area contributed by atoms with Crippen LogP contribution >= 0.6 is 34.5 Å². The van der Waals surface area contributed by atoms with Crippen LogP contribution in [0.1, 0.15) is 22.2 Å². The lowest BCUT2D eigenvalue weighted by molar-refractivity contribution is -0.123. The zero-order chi connectivity index (χ0) is 16.3. The fraction of sp³-hybridized carbons (Fsp3) is 0.200.